The summed E-state index contributed by atoms with van der Waals surface area (Å²) in [5.74, 6) is 0. The van der Waals surface area contributed by atoms with Crippen molar-refractivity contribution < 1.29 is 0 Å². The fourth-order valence-electron chi connectivity index (χ4n) is 2.58. The average molecular weight is 274 g/mol. The van der Waals surface area contributed by atoms with Crippen LogP contribution in [0.15, 0.2) is 61.2 Å². The zero-order valence-corrected chi connectivity index (χ0v) is 12.4. The maximum absolute atomic E-state index is 4.82. The number of hydrogen-bond acceptors (Lipinski definition) is 2. The van der Waals surface area contributed by atoms with Crippen molar-refractivity contribution in [1.82, 2.24) is 4.98 Å². The minimum atomic E-state index is 0.980. The number of nitrogens with zero attached hydrogens (tertiary/aromatic N) is 2. The summed E-state index contributed by atoms with van der Waals surface area (Å²) in [6.45, 7) is 3.93. The van der Waals surface area contributed by atoms with Crippen molar-refractivity contribution in [3.05, 3.63) is 66.7 Å². The van der Waals surface area contributed by atoms with Gasteiger partial charge in [0.2, 0.25) is 0 Å². The number of rotatable bonds is 3. The zero-order valence-electron chi connectivity index (χ0n) is 12.4. The lowest BCUT2D eigenvalue weighted by Gasteiger charge is -2.19. The van der Waals surface area contributed by atoms with Crippen molar-refractivity contribution in [3.63, 3.8) is 0 Å². The largest absolute Gasteiger partial charge is 0.377 e. The van der Waals surface area contributed by atoms with Crippen LogP contribution in [0.2, 0.25) is 0 Å². The van der Waals surface area contributed by atoms with Gasteiger partial charge in [0.05, 0.1) is 11.2 Å². The highest BCUT2D eigenvalue weighted by Gasteiger charge is 2.12. The van der Waals surface area contributed by atoms with E-state index in [-0.39, 0.29) is 0 Å². The van der Waals surface area contributed by atoms with Gasteiger partial charge in [-0.05, 0) is 23.8 Å². The second-order valence-corrected chi connectivity index (χ2v) is 5.23. The predicted octanol–water partition coefficient (Wildman–Crippen LogP) is 4.61. The molecular formula is C19H18N2. The first kappa shape index (κ1) is 13.4. The number of benzene rings is 2. The lowest BCUT2D eigenvalue weighted by atomic mass is 10.0. The van der Waals surface area contributed by atoms with E-state index in [1.165, 1.54) is 0 Å². The number of hydrogen-bond donors (Lipinski definition) is 0. The molecule has 0 fully saturated rings. The molecular weight excluding hydrogens is 256 g/mol. The van der Waals surface area contributed by atoms with Crippen LogP contribution in [0.3, 0.4) is 0 Å². The third-order valence-electron chi connectivity index (χ3n) is 3.63. The molecule has 3 aromatic rings. The van der Waals surface area contributed by atoms with Gasteiger partial charge in [-0.3, -0.25) is 0 Å². The van der Waals surface area contributed by atoms with Gasteiger partial charge >= 0.3 is 0 Å². The summed E-state index contributed by atoms with van der Waals surface area (Å²) in [4.78, 5) is 6.93. The molecule has 2 heteroatoms. The Bertz CT molecular complexity index is 804. The van der Waals surface area contributed by atoms with E-state index < -0.39 is 0 Å². The smallest absolute Gasteiger partial charge is 0.0736 e. The molecule has 0 atom stereocenters. The van der Waals surface area contributed by atoms with Crippen LogP contribution in [0, 0.1) is 0 Å². The quantitative estimate of drug-likeness (QED) is 0.693. The molecule has 0 N–H and O–H groups in total. The average Bonchev–Trinajstić information content (AvgIpc) is 2.53. The standard InChI is InChI=1S/C19H18N2/c1-4-14-9-7-11-18(21(2)3)19(14)17-13-12-15-8-5-6-10-16(15)20-17/h4-13H,1H2,2-3H3. The molecule has 104 valence electrons. The Morgan fingerprint density at radius 2 is 1.76 bits per heavy atom. The van der Waals surface area contributed by atoms with E-state index in [0.717, 1.165) is 33.4 Å². The fourth-order valence-corrected chi connectivity index (χ4v) is 2.58. The monoisotopic (exact) mass is 274 g/mol. The van der Waals surface area contributed by atoms with Gasteiger partial charge in [0.25, 0.3) is 0 Å². The molecule has 0 amide bonds. The second-order valence-electron chi connectivity index (χ2n) is 5.23. The van der Waals surface area contributed by atoms with Crippen molar-refractivity contribution >= 4 is 22.7 Å². The SMILES string of the molecule is C=Cc1cccc(N(C)C)c1-c1ccc2ccccc2n1. The summed E-state index contributed by atoms with van der Waals surface area (Å²) in [5.41, 5.74) is 5.37. The minimum absolute atomic E-state index is 0.980. The van der Waals surface area contributed by atoms with Crippen LogP contribution < -0.4 is 4.90 Å². The van der Waals surface area contributed by atoms with Gasteiger partial charge in [-0.1, -0.05) is 49.1 Å². The predicted molar refractivity (Wildman–Crippen MR) is 91.6 cm³/mol. The topological polar surface area (TPSA) is 16.1 Å². The number of aromatic nitrogens is 1. The molecule has 0 radical (unpaired) electrons. The Kier molecular flexibility index (Phi) is 3.44. The number of fused-ring (bicyclic) bond motifs is 1. The Morgan fingerprint density at radius 3 is 2.52 bits per heavy atom. The summed E-state index contributed by atoms with van der Waals surface area (Å²) in [7, 11) is 4.10. The third-order valence-corrected chi connectivity index (χ3v) is 3.63. The highest BCUT2D eigenvalue weighted by molar-refractivity contribution is 5.88. The van der Waals surface area contributed by atoms with Crippen molar-refractivity contribution in [2.75, 3.05) is 19.0 Å². The molecule has 1 heterocycles. The first-order valence-electron chi connectivity index (χ1n) is 6.99. The summed E-state index contributed by atoms with van der Waals surface area (Å²) in [6.07, 6.45) is 1.89. The van der Waals surface area contributed by atoms with Crippen LogP contribution in [0.5, 0.6) is 0 Å². The molecule has 0 spiro atoms. The summed E-state index contributed by atoms with van der Waals surface area (Å²) >= 11 is 0. The van der Waals surface area contributed by atoms with Crippen LogP contribution in [-0.4, -0.2) is 19.1 Å². The normalized spacial score (nSPS) is 10.6. The maximum Gasteiger partial charge on any atom is 0.0736 e. The van der Waals surface area contributed by atoms with E-state index >= 15 is 0 Å². The molecule has 2 nitrogen and oxygen atoms in total. The van der Waals surface area contributed by atoms with Crippen LogP contribution in [0.4, 0.5) is 5.69 Å². The fraction of sp³-hybridized carbons (Fsp3) is 0.105. The van der Waals surface area contributed by atoms with Gasteiger partial charge in [0.1, 0.15) is 0 Å². The first-order chi connectivity index (χ1) is 10.2. The lowest BCUT2D eigenvalue weighted by molar-refractivity contribution is 1.13. The van der Waals surface area contributed by atoms with E-state index in [4.69, 9.17) is 4.98 Å². The van der Waals surface area contributed by atoms with Crippen molar-refractivity contribution in [1.29, 1.82) is 0 Å². The van der Waals surface area contributed by atoms with E-state index in [1.54, 1.807) is 0 Å². The van der Waals surface area contributed by atoms with Crippen LogP contribution in [0.25, 0.3) is 28.2 Å². The van der Waals surface area contributed by atoms with Gasteiger partial charge in [0, 0.05) is 30.7 Å². The first-order valence-corrected chi connectivity index (χ1v) is 6.99. The third kappa shape index (κ3) is 2.40. The van der Waals surface area contributed by atoms with Gasteiger partial charge in [-0.2, -0.15) is 0 Å². The molecule has 0 aliphatic heterocycles. The van der Waals surface area contributed by atoms with E-state index in [1.807, 2.05) is 38.4 Å². The van der Waals surface area contributed by atoms with E-state index in [2.05, 4.69) is 47.9 Å². The molecule has 0 saturated heterocycles. The van der Waals surface area contributed by atoms with Crippen LogP contribution in [-0.2, 0) is 0 Å². The lowest BCUT2D eigenvalue weighted by Crippen LogP contribution is -2.10. The van der Waals surface area contributed by atoms with Crippen molar-refractivity contribution in [2.45, 2.75) is 0 Å². The summed E-state index contributed by atoms with van der Waals surface area (Å²) < 4.78 is 0. The minimum Gasteiger partial charge on any atom is -0.377 e. The second kappa shape index (κ2) is 5.41. The summed E-state index contributed by atoms with van der Waals surface area (Å²) in [5, 5.41) is 1.16. The van der Waals surface area contributed by atoms with Crippen LogP contribution >= 0.6 is 0 Å². The number of anilines is 1. The highest BCUT2D eigenvalue weighted by Crippen LogP contribution is 2.33. The highest BCUT2D eigenvalue weighted by atomic mass is 15.1. The van der Waals surface area contributed by atoms with E-state index in [9.17, 15) is 0 Å². The number of pyridine rings is 1. The molecule has 2 aromatic carbocycles. The number of para-hydroxylation sites is 1. The maximum atomic E-state index is 4.82. The molecule has 21 heavy (non-hydrogen) atoms. The molecule has 3 rings (SSSR count). The molecule has 1 aromatic heterocycles. The Balaban J connectivity index is 2.28. The van der Waals surface area contributed by atoms with Gasteiger partial charge in [-0.15, -0.1) is 0 Å². The zero-order chi connectivity index (χ0) is 14.8. The molecule has 0 unspecified atom stereocenters. The van der Waals surface area contributed by atoms with E-state index in [0.29, 0.717) is 0 Å². The van der Waals surface area contributed by atoms with Crippen molar-refractivity contribution in [2.24, 2.45) is 0 Å². The van der Waals surface area contributed by atoms with Crippen molar-refractivity contribution in [3.8, 4) is 11.3 Å². The van der Waals surface area contributed by atoms with Gasteiger partial charge in [-0.25, -0.2) is 4.98 Å². The van der Waals surface area contributed by atoms with Crippen LogP contribution in [0.1, 0.15) is 5.56 Å². The molecule has 0 aliphatic carbocycles. The van der Waals surface area contributed by atoms with Gasteiger partial charge < -0.3 is 4.90 Å². The Morgan fingerprint density at radius 1 is 0.952 bits per heavy atom. The van der Waals surface area contributed by atoms with Gasteiger partial charge in [0.15, 0.2) is 0 Å². The molecule has 0 aliphatic rings. The molecule has 0 saturated carbocycles. The summed E-state index contributed by atoms with van der Waals surface area (Å²) in [6, 6.07) is 18.6. The Labute approximate surface area is 125 Å². The Hall–Kier alpha value is -2.61. The molecule has 0 bridgehead atoms.